The van der Waals surface area contributed by atoms with Crippen LogP contribution in [0.3, 0.4) is 0 Å². The molecular weight excluding hydrogens is 402 g/mol. The Balaban J connectivity index is 1.45. The molecule has 9 nitrogen and oxygen atoms in total. The molecule has 5 rings (SSSR count). The van der Waals surface area contributed by atoms with Crippen LogP contribution >= 0.6 is 11.5 Å². The molecule has 10 heteroatoms. The monoisotopic (exact) mass is 423 g/mol. The Hall–Kier alpha value is -3.11. The van der Waals surface area contributed by atoms with E-state index in [9.17, 15) is 9.90 Å². The molecule has 154 valence electrons. The Kier molecular flexibility index (Phi) is 4.80. The predicted octanol–water partition coefficient (Wildman–Crippen LogP) is 2.03. The highest BCUT2D eigenvalue weighted by Gasteiger charge is 2.54. The zero-order valence-corrected chi connectivity index (χ0v) is 17.0. The number of rotatable bonds is 6. The van der Waals surface area contributed by atoms with Crippen LogP contribution in [0, 0.1) is 0 Å². The molecule has 0 spiro atoms. The minimum Gasteiger partial charge on any atom is -0.480 e. The maximum Gasteiger partial charge on any atom is 0.326 e. The molecule has 2 N–H and O–H groups in total. The van der Waals surface area contributed by atoms with Crippen LogP contribution in [0.2, 0.25) is 0 Å². The van der Waals surface area contributed by atoms with Crippen LogP contribution in [0.5, 0.6) is 0 Å². The Labute approximate surface area is 177 Å². The van der Waals surface area contributed by atoms with Crippen molar-refractivity contribution in [2.75, 3.05) is 29.9 Å². The lowest BCUT2D eigenvalue weighted by atomic mass is 9.80. The highest BCUT2D eigenvalue weighted by atomic mass is 32.1. The van der Waals surface area contributed by atoms with Gasteiger partial charge in [-0.1, -0.05) is 12.1 Å². The van der Waals surface area contributed by atoms with Crippen LogP contribution in [0.1, 0.15) is 12.0 Å². The number of aromatic nitrogens is 4. The first kappa shape index (κ1) is 18.9. The maximum atomic E-state index is 12.7. The highest BCUT2D eigenvalue weighted by Crippen LogP contribution is 2.41. The summed E-state index contributed by atoms with van der Waals surface area (Å²) in [4.78, 5) is 29.8. The summed E-state index contributed by atoms with van der Waals surface area (Å²) in [7, 11) is 0. The van der Waals surface area contributed by atoms with E-state index in [2.05, 4.69) is 29.5 Å². The van der Waals surface area contributed by atoms with Crippen LogP contribution in [0.4, 0.5) is 16.8 Å². The molecule has 0 saturated carbocycles. The van der Waals surface area contributed by atoms with Crippen LogP contribution in [0.15, 0.2) is 49.1 Å². The number of fused-ring (bicyclic) bond motifs is 1. The number of anilines is 3. The van der Waals surface area contributed by atoms with Crippen molar-refractivity contribution in [3.63, 3.8) is 0 Å². The lowest BCUT2D eigenvalue weighted by molar-refractivity contribution is -0.158. The molecule has 30 heavy (non-hydrogen) atoms. The summed E-state index contributed by atoms with van der Waals surface area (Å²) in [6.45, 7) is 1.66. The standard InChI is InChI=1S/C20H21N7O2S/c28-18(29)20(27-9-6-15(27)11-23-16-5-1-2-7-21-16)10-14-4-3-8-22-17(14)26(12-20)19-24-13-25-30-19/h1-5,7-8,13,15H,6,9-12H2,(H,21,23)(H,28,29). The molecule has 2 unspecified atom stereocenters. The fraction of sp³-hybridized carbons (Fsp3) is 0.350. The van der Waals surface area contributed by atoms with Crippen molar-refractivity contribution in [1.29, 1.82) is 0 Å². The molecule has 2 aliphatic heterocycles. The lowest BCUT2D eigenvalue weighted by Crippen LogP contribution is -2.71. The molecule has 0 aromatic carbocycles. The first-order valence-electron chi connectivity index (χ1n) is 9.80. The number of nitrogens with zero attached hydrogens (tertiary/aromatic N) is 6. The Bertz CT molecular complexity index is 1030. The molecule has 0 amide bonds. The van der Waals surface area contributed by atoms with Gasteiger partial charge in [0.05, 0.1) is 6.54 Å². The van der Waals surface area contributed by atoms with Gasteiger partial charge in [0.2, 0.25) is 5.13 Å². The van der Waals surface area contributed by atoms with Crippen molar-refractivity contribution in [1.82, 2.24) is 24.2 Å². The Morgan fingerprint density at radius 3 is 2.83 bits per heavy atom. The van der Waals surface area contributed by atoms with Crippen LogP contribution in [0.25, 0.3) is 0 Å². The van der Waals surface area contributed by atoms with E-state index in [1.807, 2.05) is 35.2 Å². The second-order valence-corrected chi connectivity index (χ2v) is 8.30. The third kappa shape index (κ3) is 3.17. The van der Waals surface area contributed by atoms with Gasteiger partial charge >= 0.3 is 5.97 Å². The van der Waals surface area contributed by atoms with E-state index in [0.29, 0.717) is 18.1 Å². The Morgan fingerprint density at radius 2 is 2.13 bits per heavy atom. The van der Waals surface area contributed by atoms with Crippen LogP contribution < -0.4 is 10.2 Å². The number of hydrogen-bond acceptors (Lipinski definition) is 9. The Morgan fingerprint density at radius 1 is 1.23 bits per heavy atom. The molecule has 1 saturated heterocycles. The molecule has 0 radical (unpaired) electrons. The van der Waals surface area contributed by atoms with Crippen molar-refractivity contribution < 1.29 is 9.90 Å². The molecule has 0 aliphatic carbocycles. The number of aliphatic carboxylic acids is 1. The average molecular weight is 424 g/mol. The van der Waals surface area contributed by atoms with Gasteiger partial charge in [-0.2, -0.15) is 4.37 Å². The van der Waals surface area contributed by atoms with Gasteiger partial charge in [0.25, 0.3) is 0 Å². The second kappa shape index (κ2) is 7.62. The van der Waals surface area contributed by atoms with Crippen molar-refractivity contribution in [3.05, 3.63) is 54.6 Å². The largest absolute Gasteiger partial charge is 0.480 e. The molecule has 2 aliphatic rings. The summed E-state index contributed by atoms with van der Waals surface area (Å²) < 4.78 is 4.10. The van der Waals surface area contributed by atoms with Gasteiger partial charge < -0.3 is 10.4 Å². The van der Waals surface area contributed by atoms with Crippen molar-refractivity contribution >= 4 is 34.3 Å². The van der Waals surface area contributed by atoms with Gasteiger partial charge in [-0.05, 0) is 30.2 Å². The molecule has 0 bridgehead atoms. The van der Waals surface area contributed by atoms with Crippen molar-refractivity contribution in [2.45, 2.75) is 24.4 Å². The van der Waals surface area contributed by atoms with Gasteiger partial charge in [-0.15, -0.1) is 0 Å². The van der Waals surface area contributed by atoms with E-state index in [1.54, 1.807) is 12.4 Å². The molecule has 3 aromatic rings. The highest BCUT2D eigenvalue weighted by molar-refractivity contribution is 7.09. The number of carbonyl (C=O) groups is 1. The summed E-state index contributed by atoms with van der Waals surface area (Å²) in [6.07, 6.45) is 6.30. The smallest absolute Gasteiger partial charge is 0.326 e. The first-order chi connectivity index (χ1) is 14.7. The second-order valence-electron chi connectivity index (χ2n) is 7.54. The first-order valence-corrected chi connectivity index (χ1v) is 10.6. The third-order valence-electron chi connectivity index (χ3n) is 5.88. The number of likely N-dealkylation sites (tertiary alicyclic amines) is 1. The molecular formula is C20H21N7O2S. The quantitative estimate of drug-likeness (QED) is 0.616. The normalized spacial score (nSPS) is 23.5. The SMILES string of the molecule is O=C(O)C1(N2CCC2CNc2ccccn2)Cc2cccnc2N(c2ncns2)C1. The van der Waals surface area contributed by atoms with E-state index in [0.717, 1.165) is 30.2 Å². The topological polar surface area (TPSA) is 107 Å². The minimum absolute atomic E-state index is 0.109. The summed E-state index contributed by atoms with van der Waals surface area (Å²) in [5, 5.41) is 14.4. The molecule has 3 aromatic heterocycles. The predicted molar refractivity (Wildman–Crippen MR) is 113 cm³/mol. The van der Waals surface area contributed by atoms with Gasteiger partial charge in [0.15, 0.2) is 0 Å². The van der Waals surface area contributed by atoms with Crippen LogP contribution in [-0.4, -0.2) is 66.5 Å². The zero-order chi connectivity index (χ0) is 20.6. The fourth-order valence-corrected chi connectivity index (χ4v) is 4.86. The molecule has 1 fully saturated rings. The number of pyridine rings is 2. The van der Waals surface area contributed by atoms with Crippen molar-refractivity contribution in [2.24, 2.45) is 0 Å². The molecule has 5 heterocycles. The van der Waals surface area contributed by atoms with Crippen molar-refractivity contribution in [3.8, 4) is 0 Å². The minimum atomic E-state index is -1.06. The zero-order valence-electron chi connectivity index (χ0n) is 16.2. The number of carboxylic acid groups (broad SMARTS) is 1. The fourth-order valence-electron chi connectivity index (χ4n) is 4.33. The van der Waals surface area contributed by atoms with E-state index < -0.39 is 11.5 Å². The average Bonchev–Trinajstić information content (AvgIpc) is 3.28. The number of hydrogen-bond donors (Lipinski definition) is 2. The summed E-state index contributed by atoms with van der Waals surface area (Å²) >= 11 is 1.24. The van der Waals surface area contributed by atoms with Gasteiger partial charge in [0.1, 0.15) is 23.5 Å². The summed E-state index contributed by atoms with van der Waals surface area (Å²) in [5.74, 6) is 0.728. The van der Waals surface area contributed by atoms with Gasteiger partial charge in [-0.25, -0.2) is 15.0 Å². The van der Waals surface area contributed by atoms with Gasteiger partial charge in [-0.3, -0.25) is 14.6 Å². The van der Waals surface area contributed by atoms with Gasteiger partial charge in [0, 0.05) is 49.5 Å². The van der Waals surface area contributed by atoms with E-state index in [1.165, 1.54) is 17.9 Å². The van der Waals surface area contributed by atoms with Crippen LogP contribution in [-0.2, 0) is 11.2 Å². The van der Waals surface area contributed by atoms with E-state index in [4.69, 9.17) is 0 Å². The number of nitrogens with one attached hydrogen (secondary N) is 1. The third-order valence-corrected chi connectivity index (χ3v) is 6.57. The summed E-state index contributed by atoms with van der Waals surface area (Å²) in [6, 6.07) is 9.63. The molecule has 2 atom stereocenters. The maximum absolute atomic E-state index is 12.7. The lowest BCUT2D eigenvalue weighted by Gasteiger charge is -2.54. The number of carboxylic acids is 1. The van der Waals surface area contributed by atoms with E-state index >= 15 is 0 Å². The summed E-state index contributed by atoms with van der Waals surface area (Å²) in [5.41, 5.74) is -0.152. The van der Waals surface area contributed by atoms with E-state index in [-0.39, 0.29) is 12.6 Å².